The highest BCUT2D eigenvalue weighted by molar-refractivity contribution is 5.29. The Labute approximate surface area is 111 Å². The van der Waals surface area contributed by atoms with Crippen molar-refractivity contribution in [2.75, 3.05) is 7.05 Å². The fourth-order valence-corrected chi connectivity index (χ4v) is 1.72. The molecule has 0 amide bonds. The minimum atomic E-state index is -0.394. The molecule has 0 radical (unpaired) electrons. The molecule has 0 unspecified atom stereocenters. The van der Waals surface area contributed by atoms with Gasteiger partial charge in [-0.15, -0.1) is 0 Å². The third kappa shape index (κ3) is 3.76. The molecule has 0 spiro atoms. The molecule has 0 saturated carbocycles. The lowest BCUT2D eigenvalue weighted by atomic mass is 10.2. The van der Waals surface area contributed by atoms with Crippen LogP contribution in [0.3, 0.4) is 0 Å². The standard InChI is InChI=1S/C15H15F2NO/c1-18-9-12-4-7-15(14(17)8-12)19-10-11-2-5-13(16)6-3-11/h2-8,18H,9-10H2,1H3. The van der Waals surface area contributed by atoms with Crippen LogP contribution in [0.15, 0.2) is 42.5 Å². The third-order valence-corrected chi connectivity index (χ3v) is 2.68. The topological polar surface area (TPSA) is 21.3 Å². The molecule has 2 rings (SSSR count). The smallest absolute Gasteiger partial charge is 0.165 e. The second kappa shape index (κ2) is 6.29. The van der Waals surface area contributed by atoms with Gasteiger partial charge in [-0.05, 0) is 42.4 Å². The van der Waals surface area contributed by atoms with E-state index in [-0.39, 0.29) is 18.2 Å². The summed E-state index contributed by atoms with van der Waals surface area (Å²) in [5, 5.41) is 2.95. The molecule has 0 heterocycles. The second-order valence-corrected chi connectivity index (χ2v) is 4.21. The molecule has 100 valence electrons. The van der Waals surface area contributed by atoms with E-state index >= 15 is 0 Å². The van der Waals surface area contributed by atoms with Gasteiger partial charge in [0, 0.05) is 6.54 Å². The van der Waals surface area contributed by atoms with E-state index in [1.807, 2.05) is 0 Å². The van der Waals surface area contributed by atoms with Gasteiger partial charge in [0.2, 0.25) is 0 Å². The summed E-state index contributed by atoms with van der Waals surface area (Å²) in [4.78, 5) is 0. The molecule has 0 fully saturated rings. The van der Waals surface area contributed by atoms with E-state index in [1.54, 1.807) is 31.3 Å². The SMILES string of the molecule is CNCc1ccc(OCc2ccc(F)cc2)c(F)c1. The van der Waals surface area contributed by atoms with Gasteiger partial charge in [0.05, 0.1) is 0 Å². The number of ether oxygens (including phenoxy) is 1. The monoisotopic (exact) mass is 263 g/mol. The van der Waals surface area contributed by atoms with Gasteiger partial charge in [0.1, 0.15) is 12.4 Å². The Morgan fingerprint density at radius 2 is 1.68 bits per heavy atom. The van der Waals surface area contributed by atoms with Crippen molar-refractivity contribution in [3.05, 3.63) is 65.2 Å². The summed E-state index contributed by atoms with van der Waals surface area (Å²) in [5.74, 6) is -0.495. The average molecular weight is 263 g/mol. The summed E-state index contributed by atoms with van der Waals surface area (Å²) in [6.45, 7) is 0.817. The molecule has 0 saturated heterocycles. The van der Waals surface area contributed by atoms with Gasteiger partial charge in [-0.25, -0.2) is 8.78 Å². The van der Waals surface area contributed by atoms with Crippen molar-refractivity contribution >= 4 is 0 Å². The van der Waals surface area contributed by atoms with Gasteiger partial charge in [-0.2, -0.15) is 0 Å². The molecule has 1 N–H and O–H groups in total. The van der Waals surface area contributed by atoms with Crippen LogP contribution in [0.1, 0.15) is 11.1 Å². The average Bonchev–Trinajstić information content (AvgIpc) is 2.40. The van der Waals surface area contributed by atoms with Crippen LogP contribution < -0.4 is 10.1 Å². The van der Waals surface area contributed by atoms with E-state index < -0.39 is 5.82 Å². The number of hydrogen-bond acceptors (Lipinski definition) is 2. The Hall–Kier alpha value is -1.94. The van der Waals surface area contributed by atoms with E-state index in [0.717, 1.165) is 11.1 Å². The van der Waals surface area contributed by atoms with Crippen LogP contribution in [0.5, 0.6) is 5.75 Å². The van der Waals surface area contributed by atoms with E-state index in [0.29, 0.717) is 6.54 Å². The first-order valence-electron chi connectivity index (χ1n) is 5.99. The Morgan fingerprint density at radius 1 is 1.00 bits per heavy atom. The Bertz CT molecular complexity index is 540. The van der Waals surface area contributed by atoms with Gasteiger partial charge < -0.3 is 10.1 Å². The summed E-state index contributed by atoms with van der Waals surface area (Å²) < 4.78 is 31.8. The summed E-state index contributed by atoms with van der Waals surface area (Å²) in [6.07, 6.45) is 0. The third-order valence-electron chi connectivity index (χ3n) is 2.68. The molecule has 0 bridgehead atoms. The maximum atomic E-state index is 13.7. The van der Waals surface area contributed by atoms with Gasteiger partial charge in [-0.3, -0.25) is 0 Å². The zero-order valence-corrected chi connectivity index (χ0v) is 10.6. The predicted octanol–water partition coefficient (Wildman–Crippen LogP) is 3.26. The summed E-state index contributed by atoms with van der Waals surface area (Å²) in [7, 11) is 1.80. The molecule has 4 heteroatoms. The van der Waals surface area contributed by atoms with Gasteiger partial charge in [0.25, 0.3) is 0 Å². The van der Waals surface area contributed by atoms with E-state index in [1.165, 1.54) is 18.2 Å². The molecule has 2 aromatic carbocycles. The predicted molar refractivity (Wildman–Crippen MR) is 69.9 cm³/mol. The van der Waals surface area contributed by atoms with Crippen molar-refractivity contribution in [2.45, 2.75) is 13.2 Å². The summed E-state index contributed by atoms with van der Waals surface area (Å²) in [5.41, 5.74) is 1.65. The molecule has 0 aliphatic carbocycles. The molecule has 0 aliphatic rings. The van der Waals surface area contributed by atoms with Crippen LogP contribution in [-0.2, 0) is 13.2 Å². The fraction of sp³-hybridized carbons (Fsp3) is 0.200. The molecule has 2 nitrogen and oxygen atoms in total. The number of rotatable bonds is 5. The zero-order chi connectivity index (χ0) is 13.7. The highest BCUT2D eigenvalue weighted by atomic mass is 19.1. The summed E-state index contributed by atoms with van der Waals surface area (Å²) >= 11 is 0. The highest BCUT2D eigenvalue weighted by Crippen LogP contribution is 2.19. The molecule has 2 aromatic rings. The number of hydrogen-bond donors (Lipinski definition) is 1. The molecule has 0 atom stereocenters. The van der Waals surface area contributed by atoms with Crippen LogP contribution in [0.2, 0.25) is 0 Å². The van der Waals surface area contributed by atoms with E-state index in [2.05, 4.69) is 5.32 Å². The maximum Gasteiger partial charge on any atom is 0.165 e. The molecular formula is C15H15F2NO. The lowest BCUT2D eigenvalue weighted by Gasteiger charge is -2.09. The van der Waals surface area contributed by atoms with Crippen LogP contribution in [0.4, 0.5) is 8.78 Å². The van der Waals surface area contributed by atoms with Crippen molar-refractivity contribution in [3.8, 4) is 5.75 Å². The van der Waals surface area contributed by atoms with Crippen molar-refractivity contribution in [1.29, 1.82) is 0 Å². The van der Waals surface area contributed by atoms with Crippen molar-refractivity contribution in [1.82, 2.24) is 5.32 Å². The quantitative estimate of drug-likeness (QED) is 0.894. The van der Waals surface area contributed by atoms with Crippen LogP contribution in [-0.4, -0.2) is 7.05 Å². The molecule has 0 aromatic heterocycles. The first-order valence-corrected chi connectivity index (χ1v) is 5.99. The Kier molecular flexibility index (Phi) is 4.47. The molecular weight excluding hydrogens is 248 g/mol. The number of benzene rings is 2. The normalized spacial score (nSPS) is 10.5. The van der Waals surface area contributed by atoms with Gasteiger partial charge in [-0.1, -0.05) is 18.2 Å². The lowest BCUT2D eigenvalue weighted by molar-refractivity contribution is 0.290. The van der Waals surface area contributed by atoms with Crippen molar-refractivity contribution in [2.24, 2.45) is 0 Å². The fourth-order valence-electron chi connectivity index (χ4n) is 1.72. The highest BCUT2D eigenvalue weighted by Gasteiger charge is 2.05. The largest absolute Gasteiger partial charge is 0.486 e. The van der Waals surface area contributed by atoms with Crippen molar-refractivity contribution in [3.63, 3.8) is 0 Å². The number of nitrogens with one attached hydrogen (secondary N) is 1. The van der Waals surface area contributed by atoms with Crippen molar-refractivity contribution < 1.29 is 13.5 Å². The molecule has 0 aliphatic heterocycles. The second-order valence-electron chi connectivity index (χ2n) is 4.21. The van der Waals surface area contributed by atoms with E-state index in [4.69, 9.17) is 4.74 Å². The Balaban J connectivity index is 2.01. The molecule has 19 heavy (non-hydrogen) atoms. The minimum absolute atomic E-state index is 0.198. The van der Waals surface area contributed by atoms with Crippen LogP contribution in [0.25, 0.3) is 0 Å². The van der Waals surface area contributed by atoms with Gasteiger partial charge >= 0.3 is 0 Å². The summed E-state index contributed by atoms with van der Waals surface area (Å²) in [6, 6.07) is 10.8. The lowest BCUT2D eigenvalue weighted by Crippen LogP contribution is -2.05. The van der Waals surface area contributed by atoms with Crippen LogP contribution >= 0.6 is 0 Å². The minimum Gasteiger partial charge on any atom is -0.486 e. The number of halogens is 2. The Morgan fingerprint density at radius 3 is 2.32 bits per heavy atom. The van der Waals surface area contributed by atoms with Crippen LogP contribution in [0, 0.1) is 11.6 Å². The zero-order valence-electron chi connectivity index (χ0n) is 10.6. The first kappa shape index (κ1) is 13.5. The maximum absolute atomic E-state index is 13.7. The first-order chi connectivity index (χ1) is 9.19. The van der Waals surface area contributed by atoms with E-state index in [9.17, 15) is 8.78 Å². The van der Waals surface area contributed by atoms with Gasteiger partial charge in [0.15, 0.2) is 11.6 Å².